The summed E-state index contributed by atoms with van der Waals surface area (Å²) < 4.78 is 76.7. The number of aromatic amines is 1. The van der Waals surface area contributed by atoms with Gasteiger partial charge in [-0.2, -0.15) is 26.3 Å². The van der Waals surface area contributed by atoms with E-state index >= 15 is 0 Å². The van der Waals surface area contributed by atoms with Crippen molar-refractivity contribution in [2.45, 2.75) is 17.2 Å². The maximum atomic E-state index is 13.0. The number of aromatic nitrogens is 2. The molecule has 0 aliphatic carbocycles. The minimum Gasteiger partial charge on any atom is -0.397 e. The molecule has 0 amide bonds. The molecule has 4 nitrogen and oxygen atoms in total. The molecule has 0 saturated carbocycles. The van der Waals surface area contributed by atoms with Crippen LogP contribution in [0.2, 0.25) is 0 Å². The van der Waals surface area contributed by atoms with E-state index in [0.29, 0.717) is 6.07 Å². The number of H-pyrrole nitrogens is 1. The van der Waals surface area contributed by atoms with Crippen LogP contribution in [0, 0.1) is 0 Å². The highest BCUT2D eigenvalue weighted by atomic mass is 32.2. The van der Waals surface area contributed by atoms with Gasteiger partial charge in [0.2, 0.25) is 0 Å². The van der Waals surface area contributed by atoms with Crippen molar-refractivity contribution in [3.8, 4) is 11.3 Å². The molecule has 168 valence electrons. The first-order chi connectivity index (χ1) is 15.0. The molecule has 0 aliphatic heterocycles. The molecule has 4 aromatic rings. The van der Waals surface area contributed by atoms with E-state index in [0.717, 1.165) is 16.5 Å². The summed E-state index contributed by atoms with van der Waals surface area (Å²) in [5.41, 5.74) is 3.11. The Bertz CT molecular complexity index is 1220. The van der Waals surface area contributed by atoms with Crippen molar-refractivity contribution in [2.24, 2.45) is 5.14 Å². The van der Waals surface area contributed by atoms with Crippen LogP contribution in [0.1, 0.15) is 11.1 Å². The molecule has 0 spiro atoms. The minimum atomic E-state index is -4.96. The Hall–Kier alpha value is -3.18. The number of pyridine rings is 1. The van der Waals surface area contributed by atoms with Crippen LogP contribution >= 0.6 is 11.9 Å². The highest BCUT2D eigenvalue weighted by Crippen LogP contribution is 2.41. The lowest BCUT2D eigenvalue weighted by Gasteiger charge is -2.16. The molecule has 2 heterocycles. The van der Waals surface area contributed by atoms with Gasteiger partial charge in [-0.3, -0.25) is 10.1 Å². The molecule has 11 heteroatoms. The lowest BCUT2D eigenvalue weighted by Crippen LogP contribution is -2.12. The minimum absolute atomic E-state index is 0.0530. The molecule has 0 saturated heterocycles. The first-order valence-corrected chi connectivity index (χ1v) is 9.82. The van der Waals surface area contributed by atoms with Crippen LogP contribution in [0.5, 0.6) is 0 Å². The zero-order valence-electron chi connectivity index (χ0n) is 16.1. The van der Waals surface area contributed by atoms with Gasteiger partial charge < -0.3 is 10.7 Å². The Morgan fingerprint density at radius 2 is 1.62 bits per heavy atom. The third-order valence-electron chi connectivity index (χ3n) is 4.41. The molecular formula is C21H16F6N4S. The summed E-state index contributed by atoms with van der Waals surface area (Å²) in [6, 6.07) is 12.2. The fourth-order valence-corrected chi connectivity index (χ4v) is 3.24. The summed E-state index contributed by atoms with van der Waals surface area (Å²) >= 11 is 1.27. The van der Waals surface area contributed by atoms with E-state index in [1.807, 2.05) is 24.4 Å². The van der Waals surface area contributed by atoms with E-state index < -0.39 is 29.0 Å². The van der Waals surface area contributed by atoms with Crippen molar-refractivity contribution >= 4 is 28.5 Å². The van der Waals surface area contributed by atoms with Gasteiger partial charge in [0, 0.05) is 28.4 Å². The Labute approximate surface area is 182 Å². The first-order valence-electron chi connectivity index (χ1n) is 8.94. The zero-order valence-corrected chi connectivity index (χ0v) is 16.9. The number of alkyl halides is 6. The van der Waals surface area contributed by atoms with Crippen molar-refractivity contribution < 1.29 is 26.3 Å². The number of benzene rings is 2. The fourth-order valence-electron chi connectivity index (χ4n) is 2.90. The van der Waals surface area contributed by atoms with Crippen molar-refractivity contribution in [3.05, 3.63) is 78.1 Å². The molecule has 0 fully saturated rings. The van der Waals surface area contributed by atoms with Gasteiger partial charge in [-0.25, -0.2) is 0 Å². The van der Waals surface area contributed by atoms with Crippen LogP contribution in [-0.4, -0.2) is 9.97 Å². The molecule has 0 aliphatic rings. The summed E-state index contributed by atoms with van der Waals surface area (Å²) in [4.78, 5) is 7.92. The molecule has 2 aromatic carbocycles. The maximum absolute atomic E-state index is 13.0. The number of hydrogen-bond donors (Lipinski definition) is 3. The van der Waals surface area contributed by atoms with Crippen LogP contribution < -0.4 is 10.9 Å². The van der Waals surface area contributed by atoms with E-state index in [9.17, 15) is 26.3 Å². The molecule has 4 rings (SSSR count). The fraction of sp³-hybridized carbons (Fsp3) is 0.0952. The number of fused-ring (bicyclic) bond motifs is 1. The SMILES string of the molecule is NSc1ccc2cc[nH]c2c1.Nc1cccnc1-c1ccc(C(F)(F)F)cc1C(F)(F)F. The van der Waals surface area contributed by atoms with Gasteiger partial charge in [-0.05, 0) is 59.8 Å². The smallest absolute Gasteiger partial charge is 0.397 e. The van der Waals surface area contributed by atoms with Gasteiger partial charge >= 0.3 is 12.4 Å². The van der Waals surface area contributed by atoms with Crippen molar-refractivity contribution in [3.63, 3.8) is 0 Å². The normalized spacial score (nSPS) is 11.8. The number of anilines is 1. The summed E-state index contributed by atoms with van der Waals surface area (Å²) in [5, 5.41) is 6.64. The third-order valence-corrected chi connectivity index (χ3v) is 4.94. The molecule has 5 N–H and O–H groups in total. The van der Waals surface area contributed by atoms with Gasteiger partial charge in [0.25, 0.3) is 0 Å². The average molecular weight is 470 g/mol. The highest BCUT2D eigenvalue weighted by Gasteiger charge is 2.38. The molecule has 0 radical (unpaired) electrons. The van der Waals surface area contributed by atoms with E-state index in [4.69, 9.17) is 10.9 Å². The molecule has 2 aromatic heterocycles. The topological polar surface area (TPSA) is 80.7 Å². The van der Waals surface area contributed by atoms with E-state index in [-0.39, 0.29) is 17.4 Å². The standard InChI is InChI=1S/C13H8F6N2.C8H8N2S/c14-12(15,16)7-3-4-8(9(6-7)13(17,18)19)11-10(20)2-1-5-21-11;9-11-7-2-1-6-3-4-10-8(6)5-7/h1-6H,20H2;1-5,10H,9H2. The van der Waals surface area contributed by atoms with Crippen LogP contribution in [0.4, 0.5) is 32.0 Å². The molecular weight excluding hydrogens is 454 g/mol. The predicted molar refractivity (Wildman–Crippen MR) is 112 cm³/mol. The molecule has 0 bridgehead atoms. The number of nitrogens with one attached hydrogen (secondary N) is 1. The summed E-state index contributed by atoms with van der Waals surface area (Å²) in [6.45, 7) is 0. The largest absolute Gasteiger partial charge is 0.417 e. The lowest BCUT2D eigenvalue weighted by molar-refractivity contribution is -0.142. The van der Waals surface area contributed by atoms with Crippen LogP contribution in [0.3, 0.4) is 0 Å². The van der Waals surface area contributed by atoms with Gasteiger partial charge in [-0.15, -0.1) is 0 Å². The number of nitrogens with zero attached hydrogens (tertiary/aromatic N) is 1. The highest BCUT2D eigenvalue weighted by molar-refractivity contribution is 7.97. The van der Waals surface area contributed by atoms with Crippen molar-refractivity contribution in [1.82, 2.24) is 9.97 Å². The second-order valence-electron chi connectivity index (χ2n) is 6.54. The van der Waals surface area contributed by atoms with Crippen molar-refractivity contribution in [2.75, 3.05) is 5.73 Å². The average Bonchev–Trinajstić information content (AvgIpc) is 3.20. The van der Waals surface area contributed by atoms with E-state index in [1.54, 1.807) is 0 Å². The third kappa shape index (κ3) is 5.35. The van der Waals surface area contributed by atoms with Crippen LogP contribution in [0.25, 0.3) is 22.2 Å². The zero-order chi connectivity index (χ0) is 23.5. The van der Waals surface area contributed by atoms with Gasteiger partial charge in [0.05, 0.1) is 22.5 Å². The Balaban J connectivity index is 0.000000219. The number of halogens is 6. The second-order valence-corrected chi connectivity index (χ2v) is 7.25. The van der Waals surface area contributed by atoms with Crippen LogP contribution in [0.15, 0.2) is 71.9 Å². The number of rotatable bonds is 2. The van der Waals surface area contributed by atoms with E-state index in [1.165, 1.54) is 35.7 Å². The van der Waals surface area contributed by atoms with Crippen LogP contribution in [-0.2, 0) is 12.4 Å². The Kier molecular flexibility index (Phi) is 6.70. The monoisotopic (exact) mass is 470 g/mol. The summed E-state index contributed by atoms with van der Waals surface area (Å²) in [7, 11) is 0. The molecule has 32 heavy (non-hydrogen) atoms. The van der Waals surface area contributed by atoms with Gasteiger partial charge in [0.15, 0.2) is 0 Å². The second kappa shape index (κ2) is 9.13. The predicted octanol–water partition coefficient (Wildman–Crippen LogP) is 6.50. The molecule has 0 unspecified atom stereocenters. The molecule has 0 atom stereocenters. The van der Waals surface area contributed by atoms with Gasteiger partial charge in [0.1, 0.15) is 0 Å². The summed E-state index contributed by atoms with van der Waals surface area (Å²) in [6.07, 6.45) is -6.69. The number of nitrogen functional groups attached to an aromatic ring is 1. The maximum Gasteiger partial charge on any atom is 0.417 e. The first kappa shape index (κ1) is 23.5. The van der Waals surface area contributed by atoms with Gasteiger partial charge in [-0.1, -0.05) is 12.1 Å². The Morgan fingerprint density at radius 3 is 2.25 bits per heavy atom. The quantitative estimate of drug-likeness (QED) is 0.231. The Morgan fingerprint density at radius 1 is 0.875 bits per heavy atom. The summed E-state index contributed by atoms with van der Waals surface area (Å²) in [5.74, 6) is 0. The lowest BCUT2D eigenvalue weighted by atomic mass is 9.99. The van der Waals surface area contributed by atoms with Crippen molar-refractivity contribution in [1.29, 1.82) is 0 Å². The number of hydrogen-bond acceptors (Lipinski definition) is 4. The number of nitrogens with two attached hydrogens (primary N) is 2. The van der Waals surface area contributed by atoms with E-state index in [2.05, 4.69) is 16.0 Å².